The molecule has 0 spiro atoms. The van der Waals surface area contributed by atoms with Crippen LogP contribution in [0.25, 0.3) is 21.9 Å². The number of anilines is 1. The van der Waals surface area contributed by atoms with Crippen LogP contribution < -0.4 is 10.5 Å². The molecule has 4 rings (SSSR count). The molecular weight excluding hydrogens is 370 g/mol. The fourth-order valence-electron chi connectivity index (χ4n) is 2.66. The molecule has 2 N–H and O–H groups in total. The predicted octanol–water partition coefficient (Wildman–Crippen LogP) is 3.38. The van der Waals surface area contributed by atoms with Crippen molar-refractivity contribution in [2.24, 2.45) is 0 Å². The van der Waals surface area contributed by atoms with Crippen molar-refractivity contribution in [1.29, 1.82) is 0 Å². The van der Waals surface area contributed by atoms with E-state index in [2.05, 4.69) is 31.1 Å². The number of benzene rings is 2. The Kier molecular flexibility index (Phi) is 3.57. The van der Waals surface area contributed by atoms with Crippen LogP contribution in [0.3, 0.4) is 0 Å². The van der Waals surface area contributed by atoms with Crippen LogP contribution in [-0.2, 0) is 6.54 Å². The number of methoxy groups -OCH3 is 1. The summed E-state index contributed by atoms with van der Waals surface area (Å²) in [6.45, 7) is 0.549. The van der Waals surface area contributed by atoms with Crippen molar-refractivity contribution in [2.45, 2.75) is 6.54 Å². The maximum Gasteiger partial charge on any atom is 0.155 e. The number of fused-ring (bicyclic) bond motifs is 3. The Labute approximate surface area is 146 Å². The SMILES string of the molecule is COc1ccc(Cn2nc3c(N)nc4c(Br)cccc4c3n2)cc1. The number of hydrogen-bond acceptors (Lipinski definition) is 5. The van der Waals surface area contributed by atoms with Gasteiger partial charge in [0.25, 0.3) is 0 Å². The topological polar surface area (TPSA) is 78.9 Å². The fraction of sp³-hybridized carbons (Fsp3) is 0.118. The van der Waals surface area contributed by atoms with E-state index in [1.807, 2.05) is 42.5 Å². The van der Waals surface area contributed by atoms with Crippen molar-refractivity contribution in [3.8, 4) is 5.75 Å². The van der Waals surface area contributed by atoms with Gasteiger partial charge >= 0.3 is 0 Å². The molecule has 6 nitrogen and oxygen atoms in total. The van der Waals surface area contributed by atoms with Crippen LogP contribution in [0.1, 0.15) is 5.56 Å². The van der Waals surface area contributed by atoms with E-state index in [0.717, 1.165) is 32.2 Å². The first-order valence-electron chi connectivity index (χ1n) is 7.37. The van der Waals surface area contributed by atoms with Gasteiger partial charge in [0, 0.05) is 9.86 Å². The second-order valence-electron chi connectivity index (χ2n) is 5.41. The van der Waals surface area contributed by atoms with E-state index in [4.69, 9.17) is 10.5 Å². The van der Waals surface area contributed by atoms with Gasteiger partial charge in [0.15, 0.2) is 11.3 Å². The third-order valence-electron chi connectivity index (χ3n) is 3.85. The van der Waals surface area contributed by atoms with E-state index in [0.29, 0.717) is 17.9 Å². The quantitative estimate of drug-likeness (QED) is 0.586. The van der Waals surface area contributed by atoms with Crippen LogP contribution in [0, 0.1) is 0 Å². The first-order valence-corrected chi connectivity index (χ1v) is 8.16. The lowest BCUT2D eigenvalue weighted by Gasteiger charge is -2.02. The van der Waals surface area contributed by atoms with Crippen molar-refractivity contribution in [2.75, 3.05) is 12.8 Å². The molecule has 0 saturated carbocycles. The summed E-state index contributed by atoms with van der Waals surface area (Å²) in [5.41, 5.74) is 9.32. The Morgan fingerprint density at radius 2 is 1.79 bits per heavy atom. The number of aromatic nitrogens is 4. The number of nitrogen functional groups attached to an aromatic ring is 1. The highest BCUT2D eigenvalue weighted by Gasteiger charge is 2.14. The second-order valence-corrected chi connectivity index (χ2v) is 6.26. The molecule has 7 heteroatoms. The van der Waals surface area contributed by atoms with Crippen LogP contribution >= 0.6 is 15.9 Å². The Bertz CT molecular complexity index is 1040. The second kappa shape index (κ2) is 5.76. The molecule has 0 unspecified atom stereocenters. The summed E-state index contributed by atoms with van der Waals surface area (Å²) in [4.78, 5) is 6.09. The van der Waals surface area contributed by atoms with Crippen molar-refractivity contribution in [1.82, 2.24) is 20.0 Å². The van der Waals surface area contributed by atoms with Crippen LogP contribution in [-0.4, -0.2) is 27.1 Å². The number of ether oxygens (including phenoxy) is 1. The molecule has 2 aromatic carbocycles. The Morgan fingerprint density at radius 1 is 1.04 bits per heavy atom. The number of rotatable bonds is 3. The van der Waals surface area contributed by atoms with Crippen molar-refractivity contribution < 1.29 is 4.74 Å². The van der Waals surface area contributed by atoms with E-state index in [1.165, 1.54) is 0 Å². The smallest absolute Gasteiger partial charge is 0.155 e. The maximum absolute atomic E-state index is 6.07. The lowest BCUT2D eigenvalue weighted by atomic mass is 10.2. The molecule has 0 radical (unpaired) electrons. The van der Waals surface area contributed by atoms with Gasteiger partial charge in [-0.15, -0.1) is 5.10 Å². The molecule has 0 saturated heterocycles. The lowest BCUT2D eigenvalue weighted by Crippen LogP contribution is -2.03. The van der Waals surface area contributed by atoms with Gasteiger partial charge in [-0.05, 0) is 39.7 Å². The zero-order valence-corrected chi connectivity index (χ0v) is 14.5. The van der Waals surface area contributed by atoms with E-state index in [1.54, 1.807) is 11.9 Å². The third-order valence-corrected chi connectivity index (χ3v) is 4.49. The van der Waals surface area contributed by atoms with Gasteiger partial charge in [-0.25, -0.2) is 4.98 Å². The molecule has 0 bridgehead atoms. The number of nitrogens with two attached hydrogens (primary N) is 1. The molecule has 0 atom stereocenters. The fourth-order valence-corrected chi connectivity index (χ4v) is 3.12. The molecule has 2 heterocycles. The predicted molar refractivity (Wildman–Crippen MR) is 97.0 cm³/mol. The van der Waals surface area contributed by atoms with Crippen molar-refractivity contribution in [3.63, 3.8) is 0 Å². The van der Waals surface area contributed by atoms with Gasteiger partial charge in [-0.2, -0.15) is 9.90 Å². The number of pyridine rings is 1. The summed E-state index contributed by atoms with van der Waals surface area (Å²) in [6.07, 6.45) is 0. The highest BCUT2D eigenvalue weighted by atomic mass is 79.9. The molecule has 120 valence electrons. The Morgan fingerprint density at radius 3 is 2.54 bits per heavy atom. The largest absolute Gasteiger partial charge is 0.497 e. The summed E-state index contributed by atoms with van der Waals surface area (Å²) >= 11 is 3.51. The number of halogens is 1. The minimum absolute atomic E-state index is 0.380. The summed E-state index contributed by atoms with van der Waals surface area (Å²) in [5, 5.41) is 10.0. The summed E-state index contributed by atoms with van der Waals surface area (Å²) in [5.74, 6) is 1.20. The van der Waals surface area contributed by atoms with Gasteiger partial charge < -0.3 is 10.5 Å². The summed E-state index contributed by atoms with van der Waals surface area (Å²) in [6, 6.07) is 13.7. The van der Waals surface area contributed by atoms with E-state index in [-0.39, 0.29) is 0 Å². The van der Waals surface area contributed by atoms with E-state index in [9.17, 15) is 0 Å². The summed E-state index contributed by atoms with van der Waals surface area (Å²) in [7, 11) is 1.65. The molecule has 0 aliphatic heterocycles. The molecule has 2 aromatic heterocycles. The average Bonchev–Trinajstić information content (AvgIpc) is 3.01. The van der Waals surface area contributed by atoms with E-state index < -0.39 is 0 Å². The molecule has 4 aromatic rings. The number of nitrogens with zero attached hydrogens (tertiary/aromatic N) is 4. The normalized spacial score (nSPS) is 11.2. The standard InChI is InChI=1S/C17H14BrN5O/c1-24-11-7-5-10(6-8-11)9-23-21-15-12-3-2-4-13(18)14(12)20-17(19)16(15)22-23/h2-8H,9H2,1H3,(H2,19,20). The highest BCUT2D eigenvalue weighted by molar-refractivity contribution is 9.10. The van der Waals surface area contributed by atoms with Crippen molar-refractivity contribution >= 4 is 43.7 Å². The van der Waals surface area contributed by atoms with Gasteiger partial charge in [-0.1, -0.05) is 24.3 Å². The van der Waals surface area contributed by atoms with Crippen LogP contribution in [0.4, 0.5) is 5.82 Å². The number of hydrogen-bond donors (Lipinski definition) is 1. The Balaban J connectivity index is 1.81. The monoisotopic (exact) mass is 383 g/mol. The lowest BCUT2D eigenvalue weighted by molar-refractivity contribution is 0.414. The molecule has 0 fully saturated rings. The van der Waals surface area contributed by atoms with Crippen LogP contribution in [0.15, 0.2) is 46.9 Å². The summed E-state index contributed by atoms with van der Waals surface area (Å²) < 4.78 is 6.06. The molecule has 0 amide bonds. The van der Waals surface area contributed by atoms with Gasteiger partial charge in [-0.3, -0.25) is 0 Å². The Hall–Kier alpha value is -2.67. The minimum Gasteiger partial charge on any atom is -0.497 e. The molecule has 24 heavy (non-hydrogen) atoms. The zero-order chi connectivity index (χ0) is 16.7. The van der Waals surface area contributed by atoms with Gasteiger partial charge in [0.2, 0.25) is 0 Å². The first kappa shape index (κ1) is 14.9. The van der Waals surface area contributed by atoms with E-state index >= 15 is 0 Å². The third kappa shape index (κ3) is 2.46. The number of para-hydroxylation sites is 1. The van der Waals surface area contributed by atoms with Crippen LogP contribution in [0.5, 0.6) is 5.75 Å². The zero-order valence-electron chi connectivity index (χ0n) is 12.9. The van der Waals surface area contributed by atoms with Gasteiger partial charge in [0.05, 0.1) is 19.2 Å². The van der Waals surface area contributed by atoms with Gasteiger partial charge in [0.1, 0.15) is 11.3 Å². The van der Waals surface area contributed by atoms with Crippen LogP contribution in [0.2, 0.25) is 0 Å². The average molecular weight is 384 g/mol. The maximum atomic E-state index is 6.07. The van der Waals surface area contributed by atoms with Crippen molar-refractivity contribution in [3.05, 3.63) is 52.5 Å². The molecule has 0 aliphatic rings. The molecular formula is C17H14BrN5O. The first-order chi connectivity index (χ1) is 11.7. The molecule has 0 aliphatic carbocycles. The minimum atomic E-state index is 0.380. The highest BCUT2D eigenvalue weighted by Crippen LogP contribution is 2.29.